The molecule has 1 aromatic carbocycles. The van der Waals surface area contributed by atoms with Crippen molar-refractivity contribution in [3.63, 3.8) is 0 Å². The van der Waals surface area contributed by atoms with Crippen LogP contribution in [0.2, 0.25) is 0 Å². The number of halogens is 3. The van der Waals surface area contributed by atoms with Gasteiger partial charge in [-0.25, -0.2) is 0 Å². The van der Waals surface area contributed by atoms with Crippen LogP contribution in [0.4, 0.5) is 8.78 Å². The Bertz CT molecular complexity index is 589. The molecule has 2 fully saturated rings. The minimum Gasteiger partial charge on any atom is -0.487 e. The van der Waals surface area contributed by atoms with Crippen LogP contribution in [-0.2, 0) is 9.26 Å². The van der Waals surface area contributed by atoms with Gasteiger partial charge in [-0.15, -0.1) is 0 Å². The lowest BCUT2D eigenvalue weighted by Gasteiger charge is -2.21. The smallest absolute Gasteiger partial charge is 0.299 e. The van der Waals surface area contributed by atoms with Crippen molar-refractivity contribution in [2.24, 2.45) is 11.8 Å². The number of hydrogen-bond donors (Lipinski definition) is 1. The van der Waals surface area contributed by atoms with E-state index in [4.69, 9.17) is 14.0 Å². The Labute approximate surface area is 160 Å². The summed E-state index contributed by atoms with van der Waals surface area (Å²) in [4.78, 5) is 0. The fourth-order valence-electron chi connectivity index (χ4n) is 3.49. The second-order valence-electron chi connectivity index (χ2n) is 6.30. The fourth-order valence-corrected chi connectivity index (χ4v) is 4.83. The molecule has 25 heavy (non-hydrogen) atoms. The summed E-state index contributed by atoms with van der Waals surface area (Å²) < 4.78 is 44.7. The van der Waals surface area contributed by atoms with Crippen molar-refractivity contribution in [2.75, 3.05) is 6.61 Å². The van der Waals surface area contributed by atoms with Crippen LogP contribution < -0.4 is 4.74 Å². The Hall–Kier alpha value is -0.340. The van der Waals surface area contributed by atoms with Crippen LogP contribution in [0, 0.1) is 11.8 Å². The summed E-state index contributed by atoms with van der Waals surface area (Å²) in [5.74, 6) is -2.85. The molecule has 1 aromatic rings. The Balaban J connectivity index is 1.63. The average Bonchev–Trinajstić information content (AvgIpc) is 3.08. The molecule has 0 spiro atoms. The second-order valence-corrected chi connectivity index (χ2v) is 8.01. The summed E-state index contributed by atoms with van der Waals surface area (Å²) in [6, 6.07) is 8.56. The van der Waals surface area contributed by atoms with E-state index in [9.17, 15) is 13.9 Å². The molecular formula is C17H20F2IO4P. The first-order chi connectivity index (χ1) is 12.0. The first kappa shape index (κ1) is 19.4. The number of benzene rings is 1. The average molecular weight is 484 g/mol. The van der Waals surface area contributed by atoms with Crippen LogP contribution >= 0.6 is 28.5 Å². The maximum atomic E-state index is 14.2. The lowest BCUT2D eigenvalue weighted by molar-refractivity contribution is -0.0939. The summed E-state index contributed by atoms with van der Waals surface area (Å²) in [5, 5.41) is 9.65. The van der Waals surface area contributed by atoms with Gasteiger partial charge in [0.15, 0.2) is 12.9 Å². The van der Waals surface area contributed by atoms with E-state index in [1.54, 1.807) is 30.3 Å². The molecule has 4 nitrogen and oxygen atoms in total. The monoisotopic (exact) mass is 484 g/mol. The van der Waals surface area contributed by atoms with Gasteiger partial charge in [0, 0.05) is 18.8 Å². The molecule has 3 unspecified atom stereocenters. The summed E-state index contributed by atoms with van der Waals surface area (Å²) in [6.07, 6.45) is 2.41. The lowest BCUT2D eigenvalue weighted by atomic mass is 9.91. The van der Waals surface area contributed by atoms with Crippen molar-refractivity contribution >= 4 is 28.5 Å². The third-order valence-corrected chi connectivity index (χ3v) is 5.76. The van der Waals surface area contributed by atoms with Crippen molar-refractivity contribution in [1.29, 1.82) is 0 Å². The topological polar surface area (TPSA) is 47.9 Å². The van der Waals surface area contributed by atoms with Crippen LogP contribution in [-0.4, -0.2) is 36.1 Å². The Morgan fingerprint density at radius 1 is 1.32 bits per heavy atom. The predicted molar refractivity (Wildman–Crippen MR) is 100 cm³/mol. The van der Waals surface area contributed by atoms with E-state index in [0.29, 0.717) is 18.6 Å². The van der Waals surface area contributed by atoms with Gasteiger partial charge < -0.3 is 19.1 Å². The first-order valence-electron chi connectivity index (χ1n) is 8.08. The number of ether oxygens (including phenoxy) is 2. The highest BCUT2D eigenvalue weighted by Gasteiger charge is 2.49. The maximum absolute atomic E-state index is 14.2. The zero-order valence-electron chi connectivity index (χ0n) is 13.4. The molecule has 1 N–H and O–H groups in total. The van der Waals surface area contributed by atoms with E-state index >= 15 is 0 Å². The van der Waals surface area contributed by atoms with Gasteiger partial charge >= 0.3 is 0 Å². The van der Waals surface area contributed by atoms with E-state index < -0.39 is 18.8 Å². The molecule has 8 heteroatoms. The van der Waals surface area contributed by atoms with E-state index in [1.807, 2.05) is 0 Å². The minimum atomic E-state index is -3.08. The first-order valence-corrected chi connectivity index (χ1v) is 12.1. The summed E-state index contributed by atoms with van der Waals surface area (Å²) in [6.45, 7) is -0.460. The molecule has 138 valence electrons. The van der Waals surface area contributed by atoms with Crippen molar-refractivity contribution in [3.8, 4) is 5.75 Å². The quantitative estimate of drug-likeness (QED) is 0.356. The number of para-hydroxylation sites is 1. The Morgan fingerprint density at radius 3 is 2.80 bits per heavy atom. The molecular weight excluding hydrogens is 464 g/mol. The van der Waals surface area contributed by atoms with Crippen molar-refractivity contribution in [2.45, 2.75) is 37.3 Å². The predicted octanol–water partition coefficient (Wildman–Crippen LogP) is 4.33. The van der Waals surface area contributed by atoms with Crippen LogP contribution in [0.5, 0.6) is 5.75 Å². The van der Waals surface area contributed by atoms with Crippen LogP contribution in [0.3, 0.4) is 0 Å². The largest absolute Gasteiger partial charge is 0.487 e. The van der Waals surface area contributed by atoms with Crippen molar-refractivity contribution < 1.29 is 27.9 Å². The van der Waals surface area contributed by atoms with E-state index in [0.717, 1.165) is 6.08 Å². The zero-order chi connectivity index (χ0) is 17.9. The van der Waals surface area contributed by atoms with Gasteiger partial charge in [-0.05, 0) is 46.2 Å². The van der Waals surface area contributed by atoms with E-state index in [1.165, 1.54) is 6.08 Å². The molecule has 1 saturated heterocycles. The molecule has 1 heterocycles. The number of fused-ring (bicyclic) bond motifs is 1. The normalized spacial score (nSPS) is 32.7. The van der Waals surface area contributed by atoms with Gasteiger partial charge in [0.1, 0.15) is 5.75 Å². The molecule has 1 aliphatic carbocycles. The van der Waals surface area contributed by atoms with Crippen LogP contribution in [0.15, 0.2) is 42.5 Å². The molecule has 6 atom stereocenters. The van der Waals surface area contributed by atoms with Crippen LogP contribution in [0.25, 0.3) is 0 Å². The third-order valence-electron chi connectivity index (χ3n) is 4.60. The van der Waals surface area contributed by atoms with Crippen molar-refractivity contribution in [1.82, 2.24) is 0 Å². The number of hydrogen-bond acceptors (Lipinski definition) is 4. The highest BCUT2D eigenvalue weighted by molar-refractivity contribution is 14.2. The molecule has 3 rings (SSSR count). The highest BCUT2D eigenvalue weighted by atomic mass is 127. The lowest BCUT2D eigenvalue weighted by Crippen LogP contribution is -2.25. The summed E-state index contributed by atoms with van der Waals surface area (Å²) in [5.41, 5.74) is 0. The van der Waals surface area contributed by atoms with Gasteiger partial charge in [0.05, 0.1) is 18.7 Å². The molecule has 0 bridgehead atoms. The van der Waals surface area contributed by atoms with E-state index in [2.05, 4.69) is 22.0 Å². The number of aliphatic hydroxyl groups is 1. The zero-order valence-corrected chi connectivity index (χ0v) is 16.5. The Kier molecular flexibility index (Phi) is 6.65. The van der Waals surface area contributed by atoms with Crippen molar-refractivity contribution in [3.05, 3.63) is 42.5 Å². The maximum Gasteiger partial charge on any atom is 0.299 e. The summed E-state index contributed by atoms with van der Waals surface area (Å²) in [7, 11) is 0. The van der Waals surface area contributed by atoms with Gasteiger partial charge in [-0.3, -0.25) is 0 Å². The van der Waals surface area contributed by atoms with Crippen LogP contribution in [0.1, 0.15) is 12.8 Å². The van der Waals surface area contributed by atoms with Gasteiger partial charge in [0.2, 0.25) is 0 Å². The fraction of sp³-hybridized carbons (Fsp3) is 0.529. The third kappa shape index (κ3) is 5.10. The molecule has 2 aliphatic rings. The molecule has 0 aromatic heterocycles. The number of aliphatic hydroxyl groups excluding tert-OH is 1. The molecule has 1 aliphatic heterocycles. The SMILES string of the molecule is OC1C[C@H]2[C@H](CC(OPI)[C@@H]2/C=C/C(F)(F)COc2ccccc2)O1. The number of alkyl halides is 2. The molecule has 1 saturated carbocycles. The van der Waals surface area contributed by atoms with Gasteiger partial charge in [-0.1, -0.05) is 24.3 Å². The highest BCUT2D eigenvalue weighted by Crippen LogP contribution is 2.47. The standard InChI is InChI=1S/C17H20F2IO4P/c18-17(19,10-22-11-4-2-1-3-5-11)7-6-12-13-8-16(21)23-14(13)9-15(12)24-25-20/h1-7,12-16,21,25H,8-10H2/b7-6+/t12-,13-,14+,15?,16?/m1/s1. The Morgan fingerprint density at radius 2 is 2.08 bits per heavy atom. The molecule has 0 radical (unpaired) electrons. The van der Waals surface area contributed by atoms with Gasteiger partial charge in [0.25, 0.3) is 5.92 Å². The number of rotatable bonds is 7. The minimum absolute atomic E-state index is 0.00911. The van der Waals surface area contributed by atoms with Gasteiger partial charge in [-0.2, -0.15) is 8.78 Å². The second kappa shape index (κ2) is 8.57. The van der Waals surface area contributed by atoms with E-state index in [-0.39, 0.29) is 30.5 Å². The molecule has 0 amide bonds. The summed E-state index contributed by atoms with van der Waals surface area (Å²) >= 11 is 2.12.